The van der Waals surface area contributed by atoms with Crippen molar-refractivity contribution < 1.29 is 19.5 Å². The Labute approximate surface area is 117 Å². The quantitative estimate of drug-likeness (QED) is 0.614. The molecule has 2 amide bonds. The van der Waals surface area contributed by atoms with Crippen LogP contribution >= 0.6 is 0 Å². The maximum atomic E-state index is 12.5. The number of carboxylic acid groups (broad SMARTS) is 1. The normalized spacial score (nSPS) is 40.2. The number of hydrogen-bond donors (Lipinski definition) is 1. The fourth-order valence-corrected chi connectivity index (χ4v) is 3.94. The Hall–Kier alpha value is -1.65. The molecule has 0 aromatic rings. The predicted octanol–water partition coefficient (Wildman–Crippen LogP) is 1.58. The van der Waals surface area contributed by atoms with Gasteiger partial charge in [0.05, 0.1) is 23.3 Å². The minimum Gasteiger partial charge on any atom is -0.481 e. The van der Waals surface area contributed by atoms with E-state index in [2.05, 4.69) is 0 Å². The number of nitrogens with zero attached hydrogens (tertiary/aromatic N) is 1. The van der Waals surface area contributed by atoms with Gasteiger partial charge in [-0.3, -0.25) is 19.3 Å². The van der Waals surface area contributed by atoms with E-state index in [0.29, 0.717) is 25.7 Å². The summed E-state index contributed by atoms with van der Waals surface area (Å²) in [5.74, 6) is -1.78. The first-order valence-electron chi connectivity index (χ1n) is 7.22. The van der Waals surface area contributed by atoms with E-state index in [0.717, 1.165) is 6.42 Å². The number of aliphatic carboxylic acids is 1. The molecule has 1 saturated carbocycles. The molecular weight excluding hydrogens is 258 g/mol. The zero-order chi connectivity index (χ0) is 14.5. The van der Waals surface area contributed by atoms with Gasteiger partial charge >= 0.3 is 5.97 Å². The van der Waals surface area contributed by atoms with Gasteiger partial charge in [0.15, 0.2) is 0 Å². The second-order valence-corrected chi connectivity index (χ2v) is 6.33. The lowest BCUT2D eigenvalue weighted by atomic mass is 9.84. The fraction of sp³-hybridized carbons (Fsp3) is 0.667. The molecule has 108 valence electrons. The molecule has 3 rings (SSSR count). The Balaban J connectivity index is 1.93. The lowest BCUT2D eigenvalue weighted by Gasteiger charge is -2.33. The molecule has 0 aromatic carbocycles. The highest BCUT2D eigenvalue weighted by Gasteiger charge is 2.57. The predicted molar refractivity (Wildman–Crippen MR) is 70.6 cm³/mol. The Morgan fingerprint density at radius 2 is 1.80 bits per heavy atom. The number of likely N-dealkylation sites (tertiary alicyclic amines) is 1. The molecule has 4 atom stereocenters. The minimum atomic E-state index is -0.994. The first-order valence-corrected chi connectivity index (χ1v) is 7.22. The largest absolute Gasteiger partial charge is 0.481 e. The van der Waals surface area contributed by atoms with Gasteiger partial charge < -0.3 is 5.11 Å². The molecule has 0 aromatic heterocycles. The van der Waals surface area contributed by atoms with E-state index in [1.807, 2.05) is 12.2 Å². The van der Waals surface area contributed by atoms with Crippen molar-refractivity contribution in [2.45, 2.75) is 45.1 Å². The number of carboxylic acids is 1. The summed E-state index contributed by atoms with van der Waals surface area (Å²) in [7, 11) is 0. The molecule has 5 heteroatoms. The number of hydrogen-bond acceptors (Lipinski definition) is 3. The number of allylic oxidation sites excluding steroid dienone is 2. The van der Waals surface area contributed by atoms with E-state index in [4.69, 9.17) is 0 Å². The van der Waals surface area contributed by atoms with Crippen LogP contribution in [0.25, 0.3) is 0 Å². The van der Waals surface area contributed by atoms with Crippen molar-refractivity contribution in [1.29, 1.82) is 0 Å². The summed E-state index contributed by atoms with van der Waals surface area (Å²) in [4.78, 5) is 37.9. The highest BCUT2D eigenvalue weighted by atomic mass is 16.4. The Morgan fingerprint density at radius 1 is 1.25 bits per heavy atom. The van der Waals surface area contributed by atoms with Crippen LogP contribution < -0.4 is 0 Å². The smallest absolute Gasteiger partial charge is 0.311 e. The first kappa shape index (κ1) is 13.3. The number of rotatable bonds is 2. The van der Waals surface area contributed by atoms with Gasteiger partial charge in [-0.1, -0.05) is 18.6 Å². The molecule has 0 radical (unpaired) electrons. The maximum absolute atomic E-state index is 12.5. The summed E-state index contributed by atoms with van der Waals surface area (Å²) in [6.45, 7) is 1.66. The molecule has 20 heavy (non-hydrogen) atoms. The Morgan fingerprint density at radius 3 is 2.30 bits per heavy atom. The molecule has 2 fully saturated rings. The van der Waals surface area contributed by atoms with Crippen molar-refractivity contribution in [1.82, 2.24) is 4.90 Å². The number of imide groups is 1. The van der Waals surface area contributed by atoms with Crippen LogP contribution in [0.15, 0.2) is 12.2 Å². The van der Waals surface area contributed by atoms with Crippen molar-refractivity contribution in [3.8, 4) is 0 Å². The molecule has 0 bridgehead atoms. The summed E-state index contributed by atoms with van der Waals surface area (Å²) >= 11 is 0. The first-order chi connectivity index (χ1) is 9.47. The van der Waals surface area contributed by atoms with Gasteiger partial charge in [0.25, 0.3) is 0 Å². The number of carbonyl (C=O) groups is 3. The SMILES string of the molecule is CC1(C(=O)O)CCCC1N1C(=O)C2CC=CCC2C1=O. The maximum Gasteiger partial charge on any atom is 0.311 e. The number of carbonyl (C=O) groups excluding carboxylic acids is 2. The second kappa shape index (κ2) is 4.43. The van der Waals surface area contributed by atoms with E-state index in [-0.39, 0.29) is 23.7 Å². The van der Waals surface area contributed by atoms with Crippen LogP contribution in [0.1, 0.15) is 39.0 Å². The third-order valence-electron chi connectivity index (χ3n) is 5.25. The van der Waals surface area contributed by atoms with Gasteiger partial charge in [0.1, 0.15) is 0 Å². The van der Waals surface area contributed by atoms with Crippen LogP contribution in [0, 0.1) is 17.3 Å². The van der Waals surface area contributed by atoms with Crippen LogP contribution in [0.3, 0.4) is 0 Å². The van der Waals surface area contributed by atoms with Crippen LogP contribution in [-0.4, -0.2) is 33.8 Å². The van der Waals surface area contributed by atoms with Crippen LogP contribution in [0.2, 0.25) is 0 Å². The number of amides is 2. The third-order valence-corrected chi connectivity index (χ3v) is 5.25. The average Bonchev–Trinajstić information content (AvgIpc) is 2.92. The molecule has 1 heterocycles. The summed E-state index contributed by atoms with van der Waals surface area (Å²) in [6.07, 6.45) is 6.97. The van der Waals surface area contributed by atoms with Gasteiger partial charge in [-0.05, 0) is 32.6 Å². The zero-order valence-electron chi connectivity index (χ0n) is 11.5. The molecule has 1 N–H and O–H groups in total. The van der Waals surface area contributed by atoms with Crippen molar-refractivity contribution >= 4 is 17.8 Å². The third kappa shape index (κ3) is 1.65. The van der Waals surface area contributed by atoms with Gasteiger partial charge in [0.2, 0.25) is 11.8 Å². The monoisotopic (exact) mass is 277 g/mol. The van der Waals surface area contributed by atoms with Crippen molar-refractivity contribution in [3.05, 3.63) is 12.2 Å². The Kier molecular flexibility index (Phi) is 2.96. The van der Waals surface area contributed by atoms with Gasteiger partial charge in [0, 0.05) is 0 Å². The van der Waals surface area contributed by atoms with Gasteiger partial charge in [-0.25, -0.2) is 0 Å². The molecule has 5 nitrogen and oxygen atoms in total. The molecule has 3 aliphatic rings. The van der Waals surface area contributed by atoms with E-state index in [1.54, 1.807) is 6.92 Å². The summed E-state index contributed by atoms with van der Waals surface area (Å²) < 4.78 is 0. The Bertz CT molecular complexity index is 486. The molecule has 2 aliphatic carbocycles. The van der Waals surface area contributed by atoms with Gasteiger partial charge in [-0.2, -0.15) is 0 Å². The van der Waals surface area contributed by atoms with Crippen molar-refractivity contribution in [2.24, 2.45) is 17.3 Å². The summed E-state index contributed by atoms with van der Waals surface area (Å²) in [6, 6.07) is -0.481. The lowest BCUT2D eigenvalue weighted by molar-refractivity contribution is -0.155. The molecular formula is C15H19NO4. The fourth-order valence-electron chi connectivity index (χ4n) is 3.94. The van der Waals surface area contributed by atoms with Crippen molar-refractivity contribution in [3.63, 3.8) is 0 Å². The van der Waals surface area contributed by atoms with Crippen LogP contribution in [-0.2, 0) is 14.4 Å². The second-order valence-electron chi connectivity index (χ2n) is 6.33. The average molecular weight is 277 g/mol. The van der Waals surface area contributed by atoms with E-state index in [9.17, 15) is 19.5 Å². The highest BCUT2D eigenvalue weighted by Crippen LogP contribution is 2.46. The number of fused-ring (bicyclic) bond motifs is 1. The zero-order valence-corrected chi connectivity index (χ0v) is 11.5. The topological polar surface area (TPSA) is 74.7 Å². The van der Waals surface area contributed by atoms with Crippen LogP contribution in [0.5, 0.6) is 0 Å². The molecule has 4 unspecified atom stereocenters. The van der Waals surface area contributed by atoms with Crippen LogP contribution in [0.4, 0.5) is 0 Å². The summed E-state index contributed by atoms with van der Waals surface area (Å²) in [5.41, 5.74) is -0.994. The van der Waals surface area contributed by atoms with Gasteiger partial charge in [-0.15, -0.1) is 0 Å². The molecule has 1 saturated heterocycles. The highest BCUT2D eigenvalue weighted by molar-refractivity contribution is 6.06. The molecule has 1 aliphatic heterocycles. The standard InChI is InChI=1S/C15H19NO4/c1-15(14(19)20)8-4-7-11(15)16-12(17)9-5-2-3-6-10(9)13(16)18/h2-3,9-11H,4-8H2,1H3,(H,19,20). The van der Waals surface area contributed by atoms with E-state index < -0.39 is 17.4 Å². The van der Waals surface area contributed by atoms with Crippen molar-refractivity contribution in [2.75, 3.05) is 0 Å². The lowest BCUT2D eigenvalue weighted by Crippen LogP contribution is -2.50. The molecule has 0 spiro atoms. The van der Waals surface area contributed by atoms with E-state index >= 15 is 0 Å². The minimum absolute atomic E-state index is 0.163. The van der Waals surface area contributed by atoms with E-state index in [1.165, 1.54) is 4.90 Å². The summed E-state index contributed by atoms with van der Waals surface area (Å²) in [5, 5.41) is 9.47.